The Bertz CT molecular complexity index is 4430. The normalized spacial score (nSPS) is 17.8. The number of aryl methyl sites for hydroxylation is 3. The lowest BCUT2D eigenvalue weighted by Gasteiger charge is -2.51. The van der Waals surface area contributed by atoms with Crippen LogP contribution in [0.4, 0.5) is 41.1 Å². The Balaban J connectivity index is 0.000000154. The number of fused-ring (bicyclic) bond motifs is 4. The summed E-state index contributed by atoms with van der Waals surface area (Å²) < 4.78 is 97.0. The third-order valence-corrected chi connectivity index (χ3v) is 21.2. The average molecular weight is 1310 g/mol. The van der Waals surface area contributed by atoms with Crippen LogP contribution in [-0.4, -0.2) is 39.2 Å². The summed E-state index contributed by atoms with van der Waals surface area (Å²) in [6, 6.07) is 56.4. The number of nitrogens with one attached hydrogen (secondary N) is 4. The first-order valence-electron chi connectivity index (χ1n) is 31.1. The number of benzene rings is 8. The summed E-state index contributed by atoms with van der Waals surface area (Å²) in [6.07, 6.45) is 5.48. The summed E-state index contributed by atoms with van der Waals surface area (Å²) >= 11 is 1.13. The quantitative estimate of drug-likeness (QED) is 0.0581. The minimum absolute atomic E-state index is 0.0957. The lowest BCUT2D eigenvalue weighted by molar-refractivity contribution is -0.137. The number of alkyl halides is 3. The standard InChI is InChI=1S/C27H28N2O2S.C24H18F3N3O3S2.C24H31NO/c1-17-10-12-20(13-11-17)27-23-8-5-7-22(23)24-16-21(14-15-26(24)28-27)32(30,31)29-25-9-4-6-18(2)19(25)3;1-15-7-10-18(11-8-15)35(32,33)30-20-13-17(24(25,26)27)9-12-19(20)22(31)29-23-28-21(14-34-23)16-5-3-2-4-6-16;1-5-6-8-17-22(26)25-21-16-12-11-15-20(21)24(4,18-23(25,2)3)19-13-9-7-10-14-19/h4-7,9-16,22-23,27-29H,8H2,1-3H3;2-14,30H,1H3,(H,28,29,31);7,9-16H,5-6,8,17-18H2,1-4H3/t22-,23+,27+;;/m0../s1. The second kappa shape index (κ2) is 27.8. The molecule has 0 bridgehead atoms. The van der Waals surface area contributed by atoms with E-state index in [9.17, 15) is 39.6 Å². The molecule has 9 aromatic rings. The molecule has 12 nitrogen and oxygen atoms in total. The predicted molar refractivity (Wildman–Crippen MR) is 369 cm³/mol. The molecule has 1 aromatic heterocycles. The van der Waals surface area contributed by atoms with E-state index in [4.69, 9.17) is 0 Å². The van der Waals surface area contributed by atoms with Gasteiger partial charge in [-0.05, 0) is 161 Å². The molecule has 18 heteroatoms. The monoisotopic (exact) mass is 1310 g/mol. The zero-order valence-corrected chi connectivity index (χ0v) is 55.8. The molecule has 3 aliphatic rings. The molecule has 0 spiro atoms. The Morgan fingerprint density at radius 2 is 1.33 bits per heavy atom. The lowest BCUT2D eigenvalue weighted by Crippen LogP contribution is -2.55. The van der Waals surface area contributed by atoms with Gasteiger partial charge in [0.05, 0.1) is 44.0 Å². The number of carbonyl (C=O) groups is 2. The van der Waals surface area contributed by atoms with Crippen LogP contribution in [0.2, 0.25) is 0 Å². The number of carbonyl (C=O) groups excluding carboxylic acids is 2. The van der Waals surface area contributed by atoms with Crippen LogP contribution >= 0.6 is 11.3 Å². The molecule has 1 aliphatic carbocycles. The zero-order valence-electron chi connectivity index (χ0n) is 53.3. The number of para-hydroxylation sites is 1. The van der Waals surface area contributed by atoms with Crippen molar-refractivity contribution in [3.05, 3.63) is 261 Å². The minimum atomic E-state index is -4.74. The molecule has 4 N–H and O–H groups in total. The van der Waals surface area contributed by atoms with Crippen LogP contribution in [0.5, 0.6) is 0 Å². The van der Waals surface area contributed by atoms with Gasteiger partial charge < -0.3 is 10.2 Å². The largest absolute Gasteiger partial charge is 0.416 e. The molecular formula is C75H77F3N6O6S3. The highest BCUT2D eigenvalue weighted by molar-refractivity contribution is 7.93. The number of halogens is 3. The van der Waals surface area contributed by atoms with Gasteiger partial charge in [-0.1, -0.05) is 177 Å². The van der Waals surface area contributed by atoms with Gasteiger partial charge in [-0.25, -0.2) is 21.8 Å². The number of sulfonamides is 2. The van der Waals surface area contributed by atoms with Crippen LogP contribution in [0.25, 0.3) is 11.3 Å². The molecule has 0 fully saturated rings. The topological polar surface area (TPSA) is 167 Å². The highest BCUT2D eigenvalue weighted by atomic mass is 32.2. The molecule has 4 atom stereocenters. The van der Waals surface area contributed by atoms with Crippen LogP contribution in [0.3, 0.4) is 0 Å². The third-order valence-electron chi connectivity index (χ3n) is 17.7. The second-order valence-electron chi connectivity index (χ2n) is 24.9. The lowest BCUT2D eigenvalue weighted by atomic mass is 9.65. The van der Waals surface area contributed by atoms with Gasteiger partial charge in [0.15, 0.2) is 5.13 Å². The molecule has 93 heavy (non-hydrogen) atoms. The minimum Gasteiger partial charge on any atom is -0.378 e. The van der Waals surface area contributed by atoms with Crippen molar-refractivity contribution in [2.45, 2.75) is 133 Å². The highest BCUT2D eigenvalue weighted by Gasteiger charge is 2.47. The van der Waals surface area contributed by atoms with Crippen molar-refractivity contribution in [2.24, 2.45) is 5.92 Å². The fraction of sp³-hybridized carbons (Fsp3) is 0.267. The van der Waals surface area contributed by atoms with Gasteiger partial charge in [0.25, 0.3) is 26.0 Å². The Labute approximate surface area is 548 Å². The number of allylic oxidation sites excluding steroid dienone is 2. The summed E-state index contributed by atoms with van der Waals surface area (Å²) in [6.45, 7) is 16.7. The van der Waals surface area contributed by atoms with Crippen molar-refractivity contribution in [1.82, 2.24) is 4.98 Å². The predicted octanol–water partition coefficient (Wildman–Crippen LogP) is 18.5. The molecule has 3 heterocycles. The van der Waals surface area contributed by atoms with Gasteiger partial charge in [-0.3, -0.25) is 24.4 Å². The van der Waals surface area contributed by atoms with E-state index in [-0.39, 0.29) is 44.4 Å². The van der Waals surface area contributed by atoms with E-state index in [1.807, 2.05) is 74.5 Å². The summed E-state index contributed by atoms with van der Waals surface area (Å²) in [7, 11) is -7.95. The van der Waals surface area contributed by atoms with Crippen LogP contribution in [0, 0.1) is 33.6 Å². The average Bonchev–Trinajstić information content (AvgIpc) is 0.944. The number of thiazole rings is 1. The van der Waals surface area contributed by atoms with Gasteiger partial charge in [-0.2, -0.15) is 13.2 Å². The van der Waals surface area contributed by atoms with Gasteiger partial charge in [0, 0.05) is 45.6 Å². The number of amides is 2. The molecule has 2 amide bonds. The smallest absolute Gasteiger partial charge is 0.378 e. The molecular weight excluding hydrogens is 1230 g/mol. The molecule has 482 valence electrons. The zero-order chi connectivity index (χ0) is 66.5. The van der Waals surface area contributed by atoms with Crippen LogP contribution in [0.1, 0.15) is 139 Å². The van der Waals surface area contributed by atoms with E-state index in [1.54, 1.807) is 30.5 Å². The molecule has 0 saturated heterocycles. The van der Waals surface area contributed by atoms with Crippen molar-refractivity contribution in [3.8, 4) is 11.3 Å². The maximum absolute atomic E-state index is 13.3. The first-order chi connectivity index (χ1) is 44.3. The van der Waals surface area contributed by atoms with Crippen molar-refractivity contribution >= 4 is 71.1 Å². The van der Waals surface area contributed by atoms with Crippen molar-refractivity contribution in [1.29, 1.82) is 0 Å². The maximum Gasteiger partial charge on any atom is 0.416 e. The summed E-state index contributed by atoms with van der Waals surface area (Å²) in [5, 5.41) is 8.16. The van der Waals surface area contributed by atoms with Crippen LogP contribution < -0.4 is 25.0 Å². The molecule has 12 rings (SSSR count). The van der Waals surface area contributed by atoms with E-state index in [1.165, 1.54) is 34.4 Å². The Hall–Kier alpha value is -8.84. The van der Waals surface area contributed by atoms with E-state index in [0.717, 1.165) is 94.8 Å². The highest BCUT2D eigenvalue weighted by Crippen LogP contribution is 2.52. The van der Waals surface area contributed by atoms with E-state index in [2.05, 4.69) is 156 Å². The number of rotatable bonds is 15. The van der Waals surface area contributed by atoms with Gasteiger partial charge >= 0.3 is 6.18 Å². The van der Waals surface area contributed by atoms with Crippen molar-refractivity contribution < 1.29 is 39.6 Å². The number of unbranched alkanes of at least 4 members (excludes halogenated alkanes) is 2. The van der Waals surface area contributed by atoms with Gasteiger partial charge in [-0.15, -0.1) is 11.3 Å². The fourth-order valence-corrected chi connectivity index (χ4v) is 15.7. The van der Waals surface area contributed by atoms with Crippen LogP contribution in [-0.2, 0) is 36.4 Å². The third kappa shape index (κ3) is 15.1. The number of nitrogens with zero attached hydrogens (tertiary/aromatic N) is 2. The maximum atomic E-state index is 13.3. The molecule has 1 unspecified atom stereocenters. The molecule has 2 aliphatic heterocycles. The number of hydrogen-bond acceptors (Lipinski definition) is 9. The van der Waals surface area contributed by atoms with Crippen molar-refractivity contribution in [3.63, 3.8) is 0 Å². The van der Waals surface area contributed by atoms with Crippen LogP contribution in [0.15, 0.2) is 215 Å². The fourth-order valence-electron chi connectivity index (χ4n) is 12.7. The molecule has 8 aromatic carbocycles. The SMILES string of the molecule is CCCCCC(=O)N1c2ccccc2C(C)(c2ccccc2)CC1(C)C.Cc1ccc(S(=O)(=O)Nc2cc(C(F)(F)F)ccc2C(=O)Nc2nc(-c3ccccc3)cs2)cc1.Cc1ccc([C@H]2Nc3ccc(S(=O)(=O)Nc4cccc(C)c4C)cc3[C@H]3C=CC[C@H]32)cc1. The summed E-state index contributed by atoms with van der Waals surface area (Å²) in [5.74, 6) is 0.0175. The molecule has 0 saturated carbocycles. The van der Waals surface area contributed by atoms with Gasteiger partial charge in [0.1, 0.15) is 0 Å². The number of hydrogen-bond donors (Lipinski definition) is 4. The van der Waals surface area contributed by atoms with Gasteiger partial charge in [0.2, 0.25) is 5.91 Å². The van der Waals surface area contributed by atoms with E-state index >= 15 is 0 Å². The summed E-state index contributed by atoms with van der Waals surface area (Å²) in [5.41, 5.74) is 10.9. The summed E-state index contributed by atoms with van der Waals surface area (Å²) in [4.78, 5) is 32.6. The number of aromatic nitrogens is 1. The Morgan fingerprint density at radius 1 is 0.699 bits per heavy atom. The second-order valence-corrected chi connectivity index (χ2v) is 29.1. The first-order valence-corrected chi connectivity index (χ1v) is 34.9. The first kappa shape index (κ1) is 67.1. The number of anilines is 5. The van der Waals surface area contributed by atoms with Crippen molar-refractivity contribution in [2.75, 3.05) is 25.0 Å². The Morgan fingerprint density at radius 3 is 2.02 bits per heavy atom. The Kier molecular flexibility index (Phi) is 20.0. The molecule has 0 radical (unpaired) electrons. The van der Waals surface area contributed by atoms with E-state index in [0.29, 0.717) is 34.7 Å². The van der Waals surface area contributed by atoms with E-state index < -0.39 is 43.4 Å².